The van der Waals surface area contributed by atoms with Crippen molar-refractivity contribution in [3.63, 3.8) is 0 Å². The molecule has 1 atom stereocenters. The highest BCUT2D eigenvalue weighted by atomic mass is 32.2. The number of carbonyl (C=O) groups excluding carboxylic acids is 1. The molecule has 1 heterocycles. The highest BCUT2D eigenvalue weighted by molar-refractivity contribution is 7.90. The van der Waals surface area contributed by atoms with Crippen LogP contribution in [0.15, 0.2) is 34.2 Å². The van der Waals surface area contributed by atoms with Crippen LogP contribution in [0.3, 0.4) is 0 Å². The van der Waals surface area contributed by atoms with Crippen LogP contribution in [0.4, 0.5) is 0 Å². The zero-order valence-corrected chi connectivity index (χ0v) is 13.9. The summed E-state index contributed by atoms with van der Waals surface area (Å²) < 4.78 is 26.5. The molecule has 1 aromatic carbocycles. The van der Waals surface area contributed by atoms with E-state index in [1.54, 1.807) is 25.1 Å². The summed E-state index contributed by atoms with van der Waals surface area (Å²) in [5.41, 5.74) is 0.518. The lowest BCUT2D eigenvalue weighted by Crippen LogP contribution is -2.41. The van der Waals surface area contributed by atoms with Crippen molar-refractivity contribution in [2.75, 3.05) is 0 Å². The largest absolute Gasteiger partial charge is 0.352 e. The molecule has 2 N–H and O–H groups in total. The molecule has 0 bridgehead atoms. The summed E-state index contributed by atoms with van der Waals surface area (Å²) in [6.45, 7) is 1.68. The van der Waals surface area contributed by atoms with Crippen LogP contribution in [0.5, 0.6) is 0 Å². The fourth-order valence-electron chi connectivity index (χ4n) is 3.05. The predicted octanol–water partition coefficient (Wildman–Crippen LogP) is 1.56. The zero-order valence-electron chi connectivity index (χ0n) is 13.1. The quantitative estimate of drug-likeness (QED) is 0.879. The molecule has 0 saturated heterocycles. The lowest BCUT2D eigenvalue weighted by Gasteiger charge is -2.23. The highest BCUT2D eigenvalue weighted by Crippen LogP contribution is 2.22. The van der Waals surface area contributed by atoms with Crippen molar-refractivity contribution in [2.45, 2.75) is 56.0 Å². The standard InChI is InChI=1S/C16H21N3O3S/c1-11(16(20)18-12-7-3-2-4-8-12)17-15-13-9-5-6-10-14(13)23(21,22)19-15/h5-6,9-12H,2-4,7-8H2,1H3,(H,17,19)(H,18,20)/t11-/m0/s1. The summed E-state index contributed by atoms with van der Waals surface area (Å²) in [6.07, 6.45) is 5.51. The van der Waals surface area contributed by atoms with Crippen LogP contribution in [0.2, 0.25) is 0 Å². The first-order chi connectivity index (χ1) is 11.0. The fraction of sp³-hybridized carbons (Fsp3) is 0.500. The first-order valence-corrected chi connectivity index (χ1v) is 9.46. The molecule has 1 aliphatic carbocycles. The van der Waals surface area contributed by atoms with Gasteiger partial charge in [-0.3, -0.25) is 14.5 Å². The van der Waals surface area contributed by atoms with Gasteiger partial charge in [-0.1, -0.05) is 31.4 Å². The van der Waals surface area contributed by atoms with E-state index in [9.17, 15) is 13.2 Å². The summed E-state index contributed by atoms with van der Waals surface area (Å²) >= 11 is 0. The lowest BCUT2D eigenvalue weighted by molar-refractivity contribution is -0.122. The Balaban J connectivity index is 1.75. The SMILES string of the molecule is C[C@H](N=C1NS(=O)(=O)c2ccccc21)C(=O)NC1CCCCC1. The molecule has 1 aliphatic heterocycles. The fourth-order valence-corrected chi connectivity index (χ4v) is 4.29. The molecule has 1 saturated carbocycles. The molecule has 3 rings (SSSR count). The van der Waals surface area contributed by atoms with Crippen molar-refractivity contribution in [1.82, 2.24) is 10.0 Å². The third kappa shape index (κ3) is 3.39. The smallest absolute Gasteiger partial charge is 0.263 e. The number of hydrogen-bond acceptors (Lipinski definition) is 4. The average Bonchev–Trinajstić information content (AvgIpc) is 2.79. The number of amides is 1. The van der Waals surface area contributed by atoms with Gasteiger partial charge in [0, 0.05) is 11.6 Å². The third-order valence-electron chi connectivity index (χ3n) is 4.32. The van der Waals surface area contributed by atoms with E-state index in [0.29, 0.717) is 5.56 Å². The van der Waals surface area contributed by atoms with Gasteiger partial charge in [0.1, 0.15) is 11.9 Å². The number of nitrogens with zero attached hydrogens (tertiary/aromatic N) is 1. The average molecular weight is 335 g/mol. The molecule has 0 unspecified atom stereocenters. The molecular formula is C16H21N3O3S. The summed E-state index contributed by atoms with van der Waals surface area (Å²) in [6, 6.07) is 6.22. The van der Waals surface area contributed by atoms with Crippen molar-refractivity contribution in [3.8, 4) is 0 Å². The Morgan fingerprint density at radius 2 is 1.96 bits per heavy atom. The Hall–Kier alpha value is -1.89. The number of amidine groups is 1. The number of rotatable bonds is 3. The topological polar surface area (TPSA) is 87.6 Å². The molecule has 1 fully saturated rings. The molecule has 0 spiro atoms. The Labute approximate surface area is 136 Å². The van der Waals surface area contributed by atoms with Gasteiger partial charge in [0.15, 0.2) is 0 Å². The molecule has 23 heavy (non-hydrogen) atoms. The van der Waals surface area contributed by atoms with Crippen molar-refractivity contribution < 1.29 is 13.2 Å². The van der Waals surface area contributed by atoms with E-state index in [0.717, 1.165) is 25.7 Å². The van der Waals surface area contributed by atoms with E-state index >= 15 is 0 Å². The number of fused-ring (bicyclic) bond motifs is 1. The summed E-state index contributed by atoms with van der Waals surface area (Å²) in [5, 5.41) is 3.01. The Kier molecular flexibility index (Phi) is 4.39. The summed E-state index contributed by atoms with van der Waals surface area (Å²) in [5.74, 6) is 0.0832. The number of aliphatic imine (C=N–C) groups is 1. The van der Waals surface area contributed by atoms with Gasteiger partial charge >= 0.3 is 0 Å². The lowest BCUT2D eigenvalue weighted by atomic mass is 9.95. The molecule has 124 valence electrons. The van der Waals surface area contributed by atoms with E-state index in [1.165, 1.54) is 12.5 Å². The summed E-state index contributed by atoms with van der Waals surface area (Å²) in [7, 11) is -3.57. The van der Waals surface area contributed by atoms with Gasteiger partial charge in [0.2, 0.25) is 5.91 Å². The zero-order chi connectivity index (χ0) is 16.4. The molecule has 7 heteroatoms. The molecule has 0 aromatic heterocycles. The Bertz CT molecular complexity index is 737. The molecule has 1 amide bonds. The van der Waals surface area contributed by atoms with E-state index in [4.69, 9.17) is 0 Å². The Morgan fingerprint density at radius 3 is 2.70 bits per heavy atom. The number of hydrogen-bond donors (Lipinski definition) is 2. The maximum atomic E-state index is 12.3. The van der Waals surface area contributed by atoms with Crippen LogP contribution in [0.1, 0.15) is 44.6 Å². The second-order valence-electron chi connectivity index (χ2n) is 6.10. The van der Waals surface area contributed by atoms with Crippen LogP contribution < -0.4 is 10.0 Å². The normalized spacial score (nSPS) is 23.1. The predicted molar refractivity (Wildman–Crippen MR) is 87.8 cm³/mol. The van der Waals surface area contributed by atoms with Crippen molar-refractivity contribution in [3.05, 3.63) is 29.8 Å². The molecular weight excluding hydrogens is 314 g/mol. The second-order valence-corrected chi connectivity index (χ2v) is 7.75. The minimum atomic E-state index is -3.57. The van der Waals surface area contributed by atoms with Crippen LogP contribution in [-0.2, 0) is 14.8 Å². The van der Waals surface area contributed by atoms with E-state index in [1.807, 2.05) is 0 Å². The van der Waals surface area contributed by atoms with Crippen molar-refractivity contribution in [2.24, 2.45) is 4.99 Å². The molecule has 0 radical (unpaired) electrons. The summed E-state index contributed by atoms with van der Waals surface area (Å²) in [4.78, 5) is 16.8. The maximum Gasteiger partial charge on any atom is 0.263 e. The molecule has 1 aromatic rings. The van der Waals surface area contributed by atoms with Gasteiger partial charge in [-0.2, -0.15) is 0 Å². The monoisotopic (exact) mass is 335 g/mol. The first-order valence-electron chi connectivity index (χ1n) is 7.98. The van der Waals surface area contributed by atoms with E-state index in [2.05, 4.69) is 15.0 Å². The van der Waals surface area contributed by atoms with Crippen LogP contribution in [-0.4, -0.2) is 32.2 Å². The van der Waals surface area contributed by atoms with Gasteiger partial charge in [0.05, 0.1) is 4.90 Å². The van der Waals surface area contributed by atoms with Crippen molar-refractivity contribution >= 4 is 21.8 Å². The van der Waals surface area contributed by atoms with Gasteiger partial charge in [0.25, 0.3) is 10.0 Å². The highest BCUT2D eigenvalue weighted by Gasteiger charge is 2.31. The number of benzene rings is 1. The number of carbonyl (C=O) groups is 1. The van der Waals surface area contributed by atoms with Crippen LogP contribution in [0.25, 0.3) is 0 Å². The number of nitrogens with one attached hydrogen (secondary N) is 2. The Morgan fingerprint density at radius 1 is 1.26 bits per heavy atom. The maximum absolute atomic E-state index is 12.3. The number of sulfonamides is 1. The van der Waals surface area contributed by atoms with Gasteiger partial charge in [-0.05, 0) is 31.9 Å². The second kappa shape index (κ2) is 6.31. The van der Waals surface area contributed by atoms with Crippen molar-refractivity contribution in [1.29, 1.82) is 0 Å². The first kappa shape index (κ1) is 16.0. The van der Waals surface area contributed by atoms with Gasteiger partial charge < -0.3 is 5.32 Å². The minimum Gasteiger partial charge on any atom is -0.352 e. The minimum absolute atomic E-state index is 0.159. The molecule has 6 nitrogen and oxygen atoms in total. The third-order valence-corrected chi connectivity index (χ3v) is 5.71. The van der Waals surface area contributed by atoms with E-state index in [-0.39, 0.29) is 22.7 Å². The van der Waals surface area contributed by atoms with Crippen LogP contribution >= 0.6 is 0 Å². The molecule has 2 aliphatic rings. The van der Waals surface area contributed by atoms with E-state index < -0.39 is 16.1 Å². The van der Waals surface area contributed by atoms with Gasteiger partial charge in [-0.25, -0.2) is 8.42 Å². The van der Waals surface area contributed by atoms with Crippen LogP contribution in [0, 0.1) is 0 Å². The van der Waals surface area contributed by atoms with Gasteiger partial charge in [-0.15, -0.1) is 0 Å².